The molecule has 0 saturated carbocycles. The highest BCUT2D eigenvalue weighted by Gasteiger charge is 2.17. The standard InChI is InChI=1S/C21H20N6OS/c1-27(2)21-25-19(24-20(26-21)23-11-13-7-4-3-5-8-13)17-14-9-6-10-15(18(22)28)16(14)12-29-17/h3-10,12H,11H2,1-2H3,(H2,22,28)(H,23,24,25,26). The highest BCUT2D eigenvalue weighted by molar-refractivity contribution is 7.15. The molecule has 0 unspecified atom stereocenters. The third-order valence-corrected chi connectivity index (χ3v) is 5.42. The monoisotopic (exact) mass is 404 g/mol. The Balaban J connectivity index is 1.75. The van der Waals surface area contributed by atoms with Crippen LogP contribution >= 0.6 is 11.3 Å². The number of hydrogen-bond acceptors (Lipinski definition) is 7. The van der Waals surface area contributed by atoms with Crippen LogP contribution in [0.25, 0.3) is 21.5 Å². The van der Waals surface area contributed by atoms with E-state index < -0.39 is 5.91 Å². The van der Waals surface area contributed by atoms with Crippen LogP contribution in [0.4, 0.5) is 11.9 Å². The number of fused-ring (bicyclic) bond motifs is 1. The summed E-state index contributed by atoms with van der Waals surface area (Å²) in [6.07, 6.45) is 0. The first-order valence-corrected chi connectivity index (χ1v) is 9.92. The van der Waals surface area contributed by atoms with Crippen LogP contribution in [-0.4, -0.2) is 35.0 Å². The van der Waals surface area contributed by atoms with Gasteiger partial charge in [0.1, 0.15) is 0 Å². The number of amides is 1. The van der Waals surface area contributed by atoms with Crippen LogP contribution in [0.5, 0.6) is 0 Å². The minimum atomic E-state index is -0.449. The number of rotatable bonds is 6. The molecule has 0 radical (unpaired) electrons. The molecule has 0 atom stereocenters. The van der Waals surface area contributed by atoms with E-state index in [0.29, 0.717) is 29.8 Å². The smallest absolute Gasteiger partial charge is 0.249 e. The summed E-state index contributed by atoms with van der Waals surface area (Å²) in [5.41, 5.74) is 7.15. The van der Waals surface area contributed by atoms with E-state index in [4.69, 9.17) is 5.73 Å². The quantitative estimate of drug-likeness (QED) is 0.510. The zero-order valence-electron chi connectivity index (χ0n) is 16.1. The lowest BCUT2D eigenvalue weighted by atomic mass is 10.1. The molecule has 1 amide bonds. The van der Waals surface area contributed by atoms with E-state index in [9.17, 15) is 4.79 Å². The predicted octanol–water partition coefficient (Wildman–Crippen LogP) is 3.53. The van der Waals surface area contributed by atoms with Crippen molar-refractivity contribution in [1.82, 2.24) is 15.0 Å². The highest BCUT2D eigenvalue weighted by atomic mass is 32.1. The van der Waals surface area contributed by atoms with Crippen molar-refractivity contribution >= 4 is 39.9 Å². The third-order valence-electron chi connectivity index (χ3n) is 4.43. The van der Waals surface area contributed by atoms with Crippen LogP contribution in [0.3, 0.4) is 0 Å². The van der Waals surface area contributed by atoms with E-state index in [1.165, 1.54) is 11.3 Å². The largest absolute Gasteiger partial charge is 0.366 e. The Morgan fingerprint density at radius 2 is 1.83 bits per heavy atom. The van der Waals surface area contributed by atoms with E-state index in [0.717, 1.165) is 21.2 Å². The van der Waals surface area contributed by atoms with Crippen molar-refractivity contribution in [2.75, 3.05) is 24.3 Å². The molecule has 0 aliphatic heterocycles. The molecule has 8 heteroatoms. The summed E-state index contributed by atoms with van der Waals surface area (Å²) in [6.45, 7) is 0.605. The van der Waals surface area contributed by atoms with E-state index in [1.54, 1.807) is 6.07 Å². The molecule has 146 valence electrons. The molecule has 29 heavy (non-hydrogen) atoms. The van der Waals surface area contributed by atoms with Crippen molar-refractivity contribution in [3.63, 3.8) is 0 Å². The second kappa shape index (κ2) is 7.84. The number of hydrogen-bond donors (Lipinski definition) is 2. The first-order chi connectivity index (χ1) is 14.0. The maximum Gasteiger partial charge on any atom is 0.249 e. The summed E-state index contributed by atoms with van der Waals surface area (Å²) in [6, 6.07) is 15.6. The van der Waals surface area contributed by atoms with E-state index >= 15 is 0 Å². The summed E-state index contributed by atoms with van der Waals surface area (Å²) < 4.78 is 0. The number of benzene rings is 2. The lowest BCUT2D eigenvalue weighted by Crippen LogP contribution is -2.15. The highest BCUT2D eigenvalue weighted by Crippen LogP contribution is 2.35. The SMILES string of the molecule is CN(C)c1nc(NCc2ccccc2)nc(-c2scc3c(C(N)=O)cccc23)n1. The number of aromatic nitrogens is 3. The summed E-state index contributed by atoms with van der Waals surface area (Å²) in [5, 5.41) is 6.91. The van der Waals surface area contributed by atoms with Gasteiger partial charge < -0.3 is 16.0 Å². The molecule has 0 spiro atoms. The van der Waals surface area contributed by atoms with Gasteiger partial charge in [0.2, 0.25) is 17.8 Å². The molecule has 4 rings (SSSR count). The number of nitrogens with one attached hydrogen (secondary N) is 1. The maximum absolute atomic E-state index is 11.7. The number of nitrogens with zero attached hydrogens (tertiary/aromatic N) is 4. The van der Waals surface area contributed by atoms with E-state index in [1.807, 2.05) is 66.8 Å². The number of carbonyl (C=O) groups is 1. The van der Waals surface area contributed by atoms with Gasteiger partial charge in [-0.05, 0) is 11.6 Å². The first-order valence-electron chi connectivity index (χ1n) is 9.04. The predicted molar refractivity (Wildman–Crippen MR) is 117 cm³/mol. The fourth-order valence-corrected chi connectivity index (χ4v) is 3.97. The van der Waals surface area contributed by atoms with Gasteiger partial charge in [-0.15, -0.1) is 11.3 Å². The average Bonchev–Trinajstić information content (AvgIpc) is 3.17. The van der Waals surface area contributed by atoms with Gasteiger partial charge in [0.15, 0.2) is 5.82 Å². The summed E-state index contributed by atoms with van der Waals surface area (Å²) in [5.74, 6) is 1.16. The lowest BCUT2D eigenvalue weighted by molar-refractivity contribution is 0.100. The zero-order valence-corrected chi connectivity index (χ0v) is 16.9. The summed E-state index contributed by atoms with van der Waals surface area (Å²) in [7, 11) is 3.77. The van der Waals surface area contributed by atoms with Crippen LogP contribution in [0, 0.1) is 0 Å². The Kier molecular flexibility index (Phi) is 5.09. The van der Waals surface area contributed by atoms with Crippen LogP contribution in [0.2, 0.25) is 0 Å². The Labute approximate surface area is 172 Å². The van der Waals surface area contributed by atoms with E-state index in [-0.39, 0.29) is 0 Å². The number of anilines is 2. The molecule has 2 heterocycles. The van der Waals surface area contributed by atoms with Crippen molar-refractivity contribution in [3.05, 3.63) is 65.0 Å². The molecule has 0 aliphatic rings. The van der Waals surface area contributed by atoms with Crippen molar-refractivity contribution in [2.45, 2.75) is 6.54 Å². The number of nitrogens with two attached hydrogens (primary N) is 1. The molecular formula is C21H20N6OS. The van der Waals surface area contributed by atoms with Crippen molar-refractivity contribution < 1.29 is 4.79 Å². The third kappa shape index (κ3) is 3.88. The normalized spacial score (nSPS) is 10.8. The fourth-order valence-electron chi connectivity index (χ4n) is 2.98. The molecule has 0 bridgehead atoms. The first kappa shape index (κ1) is 18.8. The molecule has 2 aromatic carbocycles. The summed E-state index contributed by atoms with van der Waals surface area (Å²) in [4.78, 5) is 28.2. The van der Waals surface area contributed by atoms with E-state index in [2.05, 4.69) is 20.3 Å². The second-order valence-corrected chi connectivity index (χ2v) is 7.59. The lowest BCUT2D eigenvalue weighted by Gasteiger charge is -2.13. The number of thiophene rings is 1. The van der Waals surface area contributed by atoms with Crippen LogP contribution in [0.15, 0.2) is 53.9 Å². The van der Waals surface area contributed by atoms with Crippen LogP contribution in [0.1, 0.15) is 15.9 Å². The van der Waals surface area contributed by atoms with Gasteiger partial charge in [-0.3, -0.25) is 4.79 Å². The van der Waals surface area contributed by atoms with Gasteiger partial charge in [-0.2, -0.15) is 15.0 Å². The molecular weight excluding hydrogens is 384 g/mol. The Morgan fingerprint density at radius 1 is 1.03 bits per heavy atom. The Morgan fingerprint density at radius 3 is 2.55 bits per heavy atom. The van der Waals surface area contributed by atoms with Crippen molar-refractivity contribution in [2.24, 2.45) is 5.73 Å². The summed E-state index contributed by atoms with van der Waals surface area (Å²) >= 11 is 1.48. The fraction of sp³-hybridized carbons (Fsp3) is 0.143. The van der Waals surface area contributed by atoms with Crippen LogP contribution in [-0.2, 0) is 6.54 Å². The van der Waals surface area contributed by atoms with Crippen molar-refractivity contribution in [1.29, 1.82) is 0 Å². The number of carbonyl (C=O) groups excluding carboxylic acids is 1. The minimum Gasteiger partial charge on any atom is -0.366 e. The number of primary amides is 1. The molecule has 4 aromatic rings. The van der Waals surface area contributed by atoms with Crippen LogP contribution < -0.4 is 16.0 Å². The molecule has 0 saturated heterocycles. The topological polar surface area (TPSA) is 97.0 Å². The Hall–Kier alpha value is -3.52. The molecule has 0 aliphatic carbocycles. The van der Waals surface area contributed by atoms with Crippen molar-refractivity contribution in [3.8, 4) is 10.7 Å². The average molecular weight is 404 g/mol. The van der Waals surface area contributed by atoms with Gasteiger partial charge in [-0.25, -0.2) is 0 Å². The molecule has 7 nitrogen and oxygen atoms in total. The van der Waals surface area contributed by atoms with Gasteiger partial charge in [0.25, 0.3) is 0 Å². The van der Waals surface area contributed by atoms with Gasteiger partial charge in [0, 0.05) is 42.4 Å². The molecule has 2 aromatic heterocycles. The van der Waals surface area contributed by atoms with Gasteiger partial charge in [0.05, 0.1) is 4.88 Å². The zero-order chi connectivity index (χ0) is 20.4. The maximum atomic E-state index is 11.7. The second-order valence-electron chi connectivity index (χ2n) is 6.71. The molecule has 3 N–H and O–H groups in total. The molecule has 0 fully saturated rings. The Bertz CT molecular complexity index is 1170. The minimum absolute atomic E-state index is 0.449. The van der Waals surface area contributed by atoms with Gasteiger partial charge >= 0.3 is 0 Å². The van der Waals surface area contributed by atoms with Gasteiger partial charge in [-0.1, -0.05) is 42.5 Å².